The van der Waals surface area contributed by atoms with Gasteiger partial charge < -0.3 is 9.73 Å². The van der Waals surface area contributed by atoms with Gasteiger partial charge in [-0.1, -0.05) is 19.1 Å². The Kier molecular flexibility index (Phi) is 4.17. The molecule has 1 aromatic heterocycles. The van der Waals surface area contributed by atoms with Crippen molar-refractivity contribution in [1.29, 1.82) is 0 Å². The lowest BCUT2D eigenvalue weighted by Crippen LogP contribution is -2.23. The third kappa shape index (κ3) is 3.20. The summed E-state index contributed by atoms with van der Waals surface area (Å²) in [6.45, 7) is 3.89. The maximum absolute atomic E-state index is 5.53. The van der Waals surface area contributed by atoms with Crippen LogP contribution in [0.5, 0.6) is 0 Å². The van der Waals surface area contributed by atoms with Gasteiger partial charge in [0, 0.05) is 6.42 Å². The van der Waals surface area contributed by atoms with Gasteiger partial charge in [-0.25, -0.2) is 4.98 Å². The summed E-state index contributed by atoms with van der Waals surface area (Å²) in [6.07, 6.45) is 11.0. The minimum atomic E-state index is 0.750. The Morgan fingerprint density at radius 2 is 2.44 bits per heavy atom. The molecular formula is C13H20N2O. The fourth-order valence-corrected chi connectivity index (χ4v) is 2.02. The lowest BCUT2D eigenvalue weighted by molar-refractivity contribution is 0.401. The third-order valence-electron chi connectivity index (χ3n) is 3.04. The summed E-state index contributed by atoms with van der Waals surface area (Å²) in [7, 11) is 0. The molecule has 0 radical (unpaired) electrons. The average molecular weight is 220 g/mol. The third-order valence-corrected chi connectivity index (χ3v) is 3.04. The van der Waals surface area contributed by atoms with Crippen LogP contribution in [0, 0.1) is 5.92 Å². The molecule has 0 bridgehead atoms. The second-order valence-corrected chi connectivity index (χ2v) is 4.36. The number of nitrogens with one attached hydrogen (secondary N) is 1. The van der Waals surface area contributed by atoms with Gasteiger partial charge in [-0.15, -0.1) is 0 Å². The molecule has 0 aliphatic heterocycles. The van der Waals surface area contributed by atoms with Crippen molar-refractivity contribution in [3.05, 3.63) is 30.0 Å². The first-order chi connectivity index (χ1) is 7.88. The molecule has 0 spiro atoms. The summed E-state index contributed by atoms with van der Waals surface area (Å²) < 4.78 is 5.53. The molecule has 1 atom stereocenters. The molecule has 1 aromatic rings. The first-order valence-electron chi connectivity index (χ1n) is 6.17. The molecule has 1 unspecified atom stereocenters. The molecule has 1 N–H and O–H groups in total. The topological polar surface area (TPSA) is 38.1 Å². The first-order valence-corrected chi connectivity index (χ1v) is 6.17. The van der Waals surface area contributed by atoms with Crippen LogP contribution in [0.4, 0.5) is 0 Å². The van der Waals surface area contributed by atoms with E-state index in [-0.39, 0.29) is 0 Å². The van der Waals surface area contributed by atoms with Crippen LogP contribution in [0.1, 0.15) is 37.8 Å². The quantitative estimate of drug-likeness (QED) is 0.775. The van der Waals surface area contributed by atoms with E-state index in [0.717, 1.165) is 37.1 Å². The number of rotatable bonds is 5. The van der Waals surface area contributed by atoms with E-state index in [1.54, 1.807) is 0 Å². The number of allylic oxidation sites excluding steroid dienone is 2. The SMILES string of the molecule is CCc1cnc(CNCC2CC=CCC2)o1. The van der Waals surface area contributed by atoms with Gasteiger partial charge in [0.1, 0.15) is 5.76 Å². The first kappa shape index (κ1) is 11.4. The molecule has 2 rings (SSSR count). The standard InChI is InChI=1S/C13H20N2O/c1-2-12-9-15-13(16-12)10-14-8-11-6-4-3-5-7-11/h3-4,9,11,14H,2,5-8,10H2,1H3. The molecule has 0 amide bonds. The summed E-state index contributed by atoms with van der Waals surface area (Å²) in [4.78, 5) is 4.23. The van der Waals surface area contributed by atoms with Crippen molar-refractivity contribution in [2.75, 3.05) is 6.54 Å². The van der Waals surface area contributed by atoms with Crippen molar-refractivity contribution in [3.8, 4) is 0 Å². The lowest BCUT2D eigenvalue weighted by atomic mass is 9.94. The fraction of sp³-hybridized carbons (Fsp3) is 0.615. The van der Waals surface area contributed by atoms with Gasteiger partial charge >= 0.3 is 0 Å². The van der Waals surface area contributed by atoms with Crippen LogP contribution in [-0.2, 0) is 13.0 Å². The van der Waals surface area contributed by atoms with Crippen LogP contribution in [0.2, 0.25) is 0 Å². The highest BCUT2D eigenvalue weighted by molar-refractivity contribution is 4.94. The zero-order valence-corrected chi connectivity index (χ0v) is 9.91. The Hall–Kier alpha value is -1.09. The highest BCUT2D eigenvalue weighted by Crippen LogP contribution is 2.17. The fourth-order valence-electron chi connectivity index (χ4n) is 2.02. The molecule has 88 valence electrons. The second-order valence-electron chi connectivity index (χ2n) is 4.36. The minimum Gasteiger partial charge on any atom is -0.444 e. The van der Waals surface area contributed by atoms with E-state index < -0.39 is 0 Å². The Morgan fingerprint density at radius 1 is 1.50 bits per heavy atom. The number of hydrogen-bond acceptors (Lipinski definition) is 3. The molecule has 0 fully saturated rings. The largest absolute Gasteiger partial charge is 0.444 e. The summed E-state index contributed by atoms with van der Waals surface area (Å²) in [5.41, 5.74) is 0. The molecule has 1 aliphatic carbocycles. The lowest BCUT2D eigenvalue weighted by Gasteiger charge is -2.17. The van der Waals surface area contributed by atoms with Crippen LogP contribution in [-0.4, -0.2) is 11.5 Å². The van der Waals surface area contributed by atoms with Gasteiger partial charge in [0.2, 0.25) is 5.89 Å². The zero-order chi connectivity index (χ0) is 11.2. The second kappa shape index (κ2) is 5.85. The minimum absolute atomic E-state index is 0.750. The summed E-state index contributed by atoms with van der Waals surface area (Å²) in [5.74, 6) is 2.56. The number of nitrogens with zero attached hydrogens (tertiary/aromatic N) is 1. The number of oxazole rings is 1. The van der Waals surface area contributed by atoms with Gasteiger partial charge in [0.05, 0.1) is 12.7 Å². The van der Waals surface area contributed by atoms with Crippen LogP contribution >= 0.6 is 0 Å². The van der Waals surface area contributed by atoms with Crippen LogP contribution in [0.15, 0.2) is 22.8 Å². The Labute approximate surface area is 96.9 Å². The van der Waals surface area contributed by atoms with E-state index in [4.69, 9.17) is 4.42 Å². The predicted molar refractivity (Wildman–Crippen MR) is 64.1 cm³/mol. The highest BCUT2D eigenvalue weighted by Gasteiger charge is 2.09. The zero-order valence-electron chi connectivity index (χ0n) is 9.91. The maximum Gasteiger partial charge on any atom is 0.208 e. The Balaban J connectivity index is 1.69. The van der Waals surface area contributed by atoms with Gasteiger partial charge in [-0.3, -0.25) is 0 Å². The maximum atomic E-state index is 5.53. The summed E-state index contributed by atoms with van der Waals surface area (Å²) in [6, 6.07) is 0. The van der Waals surface area contributed by atoms with Crippen molar-refractivity contribution < 1.29 is 4.42 Å². The predicted octanol–water partition coefficient (Wildman–Crippen LogP) is 2.68. The van der Waals surface area contributed by atoms with E-state index in [1.165, 1.54) is 19.3 Å². The molecule has 0 saturated carbocycles. The van der Waals surface area contributed by atoms with E-state index in [1.807, 2.05) is 6.20 Å². The monoisotopic (exact) mass is 220 g/mol. The molecule has 3 heteroatoms. The molecule has 1 heterocycles. The highest BCUT2D eigenvalue weighted by atomic mass is 16.4. The van der Waals surface area contributed by atoms with E-state index in [2.05, 4.69) is 29.4 Å². The number of hydrogen-bond donors (Lipinski definition) is 1. The normalized spacial score (nSPS) is 20.2. The summed E-state index contributed by atoms with van der Waals surface area (Å²) in [5, 5.41) is 3.42. The average Bonchev–Trinajstić information content (AvgIpc) is 2.78. The molecule has 16 heavy (non-hydrogen) atoms. The molecule has 0 saturated heterocycles. The number of aryl methyl sites for hydroxylation is 1. The van der Waals surface area contributed by atoms with Crippen molar-refractivity contribution >= 4 is 0 Å². The van der Waals surface area contributed by atoms with Gasteiger partial charge in [-0.05, 0) is 31.7 Å². The van der Waals surface area contributed by atoms with E-state index >= 15 is 0 Å². The smallest absolute Gasteiger partial charge is 0.208 e. The van der Waals surface area contributed by atoms with Crippen LogP contribution < -0.4 is 5.32 Å². The molecule has 1 aliphatic rings. The molecular weight excluding hydrogens is 200 g/mol. The van der Waals surface area contributed by atoms with E-state index in [9.17, 15) is 0 Å². The van der Waals surface area contributed by atoms with Gasteiger partial charge in [0.25, 0.3) is 0 Å². The Bertz CT molecular complexity index is 343. The number of aromatic nitrogens is 1. The van der Waals surface area contributed by atoms with Crippen LogP contribution in [0.25, 0.3) is 0 Å². The summed E-state index contributed by atoms with van der Waals surface area (Å²) >= 11 is 0. The Morgan fingerprint density at radius 3 is 3.12 bits per heavy atom. The van der Waals surface area contributed by atoms with Crippen molar-refractivity contribution in [2.24, 2.45) is 5.92 Å². The van der Waals surface area contributed by atoms with E-state index in [0.29, 0.717) is 0 Å². The van der Waals surface area contributed by atoms with Gasteiger partial charge in [-0.2, -0.15) is 0 Å². The van der Waals surface area contributed by atoms with Crippen molar-refractivity contribution in [2.45, 2.75) is 39.2 Å². The van der Waals surface area contributed by atoms with Gasteiger partial charge in [0.15, 0.2) is 0 Å². The molecule has 0 aromatic carbocycles. The van der Waals surface area contributed by atoms with Crippen LogP contribution in [0.3, 0.4) is 0 Å². The van der Waals surface area contributed by atoms with Crippen molar-refractivity contribution in [1.82, 2.24) is 10.3 Å². The van der Waals surface area contributed by atoms with Crippen molar-refractivity contribution in [3.63, 3.8) is 0 Å². The molecule has 3 nitrogen and oxygen atoms in total.